The van der Waals surface area contributed by atoms with Gasteiger partial charge in [0.25, 0.3) is 0 Å². The van der Waals surface area contributed by atoms with E-state index < -0.39 is 5.97 Å². The van der Waals surface area contributed by atoms with Crippen LogP contribution in [0, 0.1) is 0 Å². The average Bonchev–Trinajstić information content (AvgIpc) is 1.38. The Morgan fingerprint density at radius 1 is 1.86 bits per heavy atom. The summed E-state index contributed by atoms with van der Waals surface area (Å²) in [5, 5.41) is 7.60. The molecule has 0 aliphatic rings. The first-order valence-electron chi connectivity index (χ1n) is 1.12. The molecule has 34 valence electrons. The summed E-state index contributed by atoms with van der Waals surface area (Å²) < 4.78 is 0. The van der Waals surface area contributed by atoms with Crippen molar-refractivity contribution in [2.45, 2.75) is 0 Å². The van der Waals surface area contributed by atoms with Crippen molar-refractivity contribution in [3.8, 4) is 0 Å². The number of carbonyl (C=O) groups is 1. The van der Waals surface area contributed by atoms with Crippen molar-refractivity contribution in [3.63, 3.8) is 0 Å². The van der Waals surface area contributed by atoms with E-state index in [-0.39, 0.29) is 60.1 Å². The Bertz CT molecular complexity index is 70.8. The Kier molecular flexibility index (Phi) is 22.8. The van der Waals surface area contributed by atoms with Crippen LogP contribution in [-0.2, 0) is 24.3 Å². The van der Waals surface area contributed by atoms with E-state index in [1.54, 1.807) is 0 Å². The third-order valence-corrected chi connectivity index (χ3v) is 0.175. The van der Waals surface area contributed by atoms with Crippen LogP contribution in [0.3, 0.4) is 0 Å². The third kappa shape index (κ3) is 19.2. The van der Waals surface area contributed by atoms with Gasteiger partial charge in [-0.3, -0.25) is 0 Å². The van der Waals surface area contributed by atoms with Crippen molar-refractivity contribution in [3.05, 3.63) is 12.7 Å². The molecule has 0 bridgehead atoms. The molecule has 0 spiro atoms. The van der Waals surface area contributed by atoms with E-state index in [2.05, 4.69) is 6.58 Å². The summed E-state index contributed by atoms with van der Waals surface area (Å²) in [6, 6.07) is 0. The van der Waals surface area contributed by atoms with Crippen LogP contribution in [0.25, 0.3) is 0 Å². The van der Waals surface area contributed by atoms with Crippen LogP contribution < -0.4 is 0 Å². The van der Waals surface area contributed by atoms with Crippen molar-refractivity contribution >= 4 is 43.7 Å². The number of carboxylic acid groups (broad SMARTS) is 1. The normalized spacial score (nSPS) is 4.57. The number of hydrogen-bond acceptors (Lipinski definition) is 1. The predicted octanol–water partition coefficient (Wildman–Crippen LogP) is 0.0987. The zero-order chi connectivity index (χ0) is 4.28. The molecular formula is C3H6CaO2Zn. The van der Waals surface area contributed by atoms with Crippen LogP contribution in [0.5, 0.6) is 0 Å². The third-order valence-electron chi connectivity index (χ3n) is 0.175. The average molecular weight is 180 g/mol. The summed E-state index contributed by atoms with van der Waals surface area (Å²) in [4.78, 5) is 9.25. The standard InChI is InChI=1S/C3H4O2.Ca.Zn.2H/c1-2-3(4)5;;;;/h2H,1H2,(H,4,5);;;;/q;+2;;2*-1. The zero-order valence-corrected chi connectivity index (χ0v) is 9.23. The second kappa shape index (κ2) is 10.2. The van der Waals surface area contributed by atoms with Crippen molar-refractivity contribution in [2.24, 2.45) is 0 Å². The molecule has 0 heterocycles. The summed E-state index contributed by atoms with van der Waals surface area (Å²) >= 11 is 0. The van der Waals surface area contributed by atoms with Crippen molar-refractivity contribution in [1.29, 1.82) is 0 Å². The molecule has 0 saturated heterocycles. The van der Waals surface area contributed by atoms with Gasteiger partial charge in [0.1, 0.15) is 0 Å². The molecule has 0 aliphatic carbocycles. The van der Waals surface area contributed by atoms with Gasteiger partial charge in [-0.2, -0.15) is 0 Å². The van der Waals surface area contributed by atoms with Gasteiger partial charge in [-0.05, 0) is 0 Å². The van der Waals surface area contributed by atoms with Crippen LogP contribution >= 0.6 is 0 Å². The van der Waals surface area contributed by atoms with Crippen LogP contribution in [0.2, 0.25) is 0 Å². The van der Waals surface area contributed by atoms with Crippen molar-refractivity contribution < 1.29 is 32.2 Å². The van der Waals surface area contributed by atoms with Gasteiger partial charge in [0.2, 0.25) is 0 Å². The number of hydrogen-bond donors (Lipinski definition) is 1. The van der Waals surface area contributed by atoms with E-state index in [4.69, 9.17) is 5.11 Å². The van der Waals surface area contributed by atoms with Gasteiger partial charge in [0, 0.05) is 25.6 Å². The predicted molar refractivity (Wildman–Crippen MR) is 25.8 cm³/mol. The minimum atomic E-state index is -0.981. The Balaban J connectivity index is -0.0000000133. The summed E-state index contributed by atoms with van der Waals surface area (Å²) in [5.41, 5.74) is 0. The molecule has 0 aliphatic heterocycles. The van der Waals surface area contributed by atoms with Crippen LogP contribution in [0.1, 0.15) is 2.85 Å². The molecule has 0 atom stereocenters. The molecule has 2 nitrogen and oxygen atoms in total. The fourth-order valence-corrected chi connectivity index (χ4v) is 0. The molecule has 0 saturated carbocycles. The maximum atomic E-state index is 9.25. The van der Waals surface area contributed by atoms with Gasteiger partial charge < -0.3 is 7.96 Å². The minimum absolute atomic E-state index is 0. The molecule has 0 unspecified atom stereocenters. The van der Waals surface area contributed by atoms with E-state index in [0.717, 1.165) is 6.08 Å². The number of aliphatic carboxylic acids is 1. The number of carboxylic acids is 1. The first-order chi connectivity index (χ1) is 2.27. The minimum Gasteiger partial charge on any atom is -1.00 e. The van der Waals surface area contributed by atoms with Gasteiger partial charge >= 0.3 is 43.7 Å². The van der Waals surface area contributed by atoms with E-state index >= 15 is 0 Å². The first kappa shape index (κ1) is 15.7. The fraction of sp³-hybridized carbons (Fsp3) is 0. The van der Waals surface area contributed by atoms with Crippen LogP contribution in [0.4, 0.5) is 0 Å². The molecule has 0 fully saturated rings. The van der Waals surface area contributed by atoms with E-state index in [1.807, 2.05) is 0 Å². The van der Waals surface area contributed by atoms with Gasteiger partial charge in [-0.25, -0.2) is 4.79 Å². The van der Waals surface area contributed by atoms with Gasteiger partial charge in [0.15, 0.2) is 0 Å². The van der Waals surface area contributed by atoms with E-state index in [0.29, 0.717) is 0 Å². The monoisotopic (exact) mass is 178 g/mol. The molecule has 4 heteroatoms. The van der Waals surface area contributed by atoms with Crippen molar-refractivity contribution in [2.75, 3.05) is 0 Å². The molecule has 0 aromatic carbocycles. The zero-order valence-electron chi connectivity index (χ0n) is 6.05. The van der Waals surface area contributed by atoms with Crippen molar-refractivity contribution in [1.82, 2.24) is 0 Å². The van der Waals surface area contributed by atoms with Crippen LogP contribution in [0.15, 0.2) is 12.7 Å². The molecule has 7 heavy (non-hydrogen) atoms. The topological polar surface area (TPSA) is 37.3 Å². The summed E-state index contributed by atoms with van der Waals surface area (Å²) in [7, 11) is 0. The maximum absolute atomic E-state index is 9.25. The van der Waals surface area contributed by atoms with Crippen LogP contribution in [-0.4, -0.2) is 48.8 Å². The molecule has 0 radical (unpaired) electrons. The molecular weight excluding hydrogens is 173 g/mol. The van der Waals surface area contributed by atoms with Gasteiger partial charge in [-0.1, -0.05) is 6.58 Å². The maximum Gasteiger partial charge on any atom is 2.00 e. The molecule has 0 aromatic rings. The second-order valence-electron chi connectivity index (χ2n) is 0.542. The number of rotatable bonds is 1. The largest absolute Gasteiger partial charge is 2.00 e. The summed E-state index contributed by atoms with van der Waals surface area (Å²) in [6.45, 7) is 2.96. The van der Waals surface area contributed by atoms with Gasteiger partial charge in [-0.15, -0.1) is 0 Å². The molecule has 0 rings (SSSR count). The Morgan fingerprint density at radius 3 is 2.00 bits per heavy atom. The molecule has 1 N–H and O–H groups in total. The molecule has 0 aromatic heterocycles. The first-order valence-corrected chi connectivity index (χ1v) is 1.12. The Hall–Kier alpha value is 1.09. The summed E-state index contributed by atoms with van der Waals surface area (Å²) in [5.74, 6) is -0.981. The Labute approximate surface area is 87.7 Å². The molecule has 0 amide bonds. The van der Waals surface area contributed by atoms with E-state index in [1.165, 1.54) is 0 Å². The SMILES string of the molecule is C=CC(=O)O.[Ca+2].[H-].[H-].[Zn]. The smallest absolute Gasteiger partial charge is 1.00 e. The quantitative estimate of drug-likeness (QED) is 0.458. The van der Waals surface area contributed by atoms with Gasteiger partial charge in [0.05, 0.1) is 0 Å². The second-order valence-corrected chi connectivity index (χ2v) is 0.542. The van der Waals surface area contributed by atoms with E-state index in [9.17, 15) is 4.79 Å². The fourth-order valence-electron chi connectivity index (χ4n) is 0. The summed E-state index contributed by atoms with van der Waals surface area (Å²) in [6.07, 6.45) is 0.833. The Morgan fingerprint density at radius 2 is 2.00 bits per heavy atom.